The number of nitrogens with two attached hydrogens (primary N) is 1. The average Bonchev–Trinajstić information content (AvgIpc) is 2.36. The molecule has 21 heavy (non-hydrogen) atoms. The quantitative estimate of drug-likeness (QED) is 0.888. The molecule has 5 heteroatoms. The van der Waals surface area contributed by atoms with Crippen molar-refractivity contribution >= 4 is 11.7 Å². The van der Waals surface area contributed by atoms with Gasteiger partial charge in [-0.1, -0.05) is 23.8 Å². The molecule has 0 aliphatic rings. The van der Waals surface area contributed by atoms with E-state index in [9.17, 15) is 4.79 Å². The van der Waals surface area contributed by atoms with Gasteiger partial charge in [-0.3, -0.25) is 4.79 Å². The van der Waals surface area contributed by atoms with Crippen LogP contribution in [0.1, 0.15) is 36.7 Å². The maximum Gasteiger partial charge on any atom is 0.257 e. The molecule has 0 radical (unpaired) electrons. The van der Waals surface area contributed by atoms with Crippen molar-refractivity contribution in [3.05, 3.63) is 41.6 Å². The first kappa shape index (κ1) is 15.0. The summed E-state index contributed by atoms with van der Waals surface area (Å²) in [5.74, 6) is 0.433. The summed E-state index contributed by atoms with van der Waals surface area (Å²) in [7, 11) is 0. The highest BCUT2D eigenvalue weighted by Gasteiger charge is 2.18. The van der Waals surface area contributed by atoms with Gasteiger partial charge in [0, 0.05) is 17.3 Å². The number of anilines is 1. The number of carbonyl (C=O) groups is 1. The zero-order valence-electron chi connectivity index (χ0n) is 12.8. The predicted molar refractivity (Wildman–Crippen MR) is 83.8 cm³/mol. The van der Waals surface area contributed by atoms with Gasteiger partial charge < -0.3 is 11.1 Å². The van der Waals surface area contributed by atoms with Gasteiger partial charge in [0.2, 0.25) is 0 Å². The fraction of sp³-hybridized carbons (Fsp3) is 0.312. The van der Waals surface area contributed by atoms with Crippen molar-refractivity contribution in [1.29, 1.82) is 0 Å². The summed E-state index contributed by atoms with van der Waals surface area (Å²) < 4.78 is 0. The largest absolute Gasteiger partial charge is 0.383 e. The fourth-order valence-corrected chi connectivity index (χ4v) is 1.90. The van der Waals surface area contributed by atoms with Crippen molar-refractivity contribution in [3.8, 4) is 11.4 Å². The van der Waals surface area contributed by atoms with Crippen molar-refractivity contribution in [1.82, 2.24) is 15.3 Å². The molecule has 0 aliphatic heterocycles. The molecular weight excluding hydrogens is 264 g/mol. The summed E-state index contributed by atoms with van der Waals surface area (Å²) in [5, 5.41) is 2.85. The Labute approximate surface area is 124 Å². The Morgan fingerprint density at radius 1 is 1.29 bits per heavy atom. The van der Waals surface area contributed by atoms with E-state index in [2.05, 4.69) is 15.3 Å². The number of benzene rings is 1. The van der Waals surface area contributed by atoms with E-state index in [0.717, 1.165) is 11.1 Å². The smallest absolute Gasteiger partial charge is 0.257 e. The first-order chi connectivity index (χ1) is 9.76. The number of rotatable bonds is 2. The summed E-state index contributed by atoms with van der Waals surface area (Å²) in [6.07, 6.45) is 1.47. The molecule has 1 heterocycles. The van der Waals surface area contributed by atoms with Gasteiger partial charge in [-0.15, -0.1) is 0 Å². The lowest BCUT2D eigenvalue weighted by Crippen LogP contribution is -2.41. The van der Waals surface area contributed by atoms with Crippen LogP contribution in [0.25, 0.3) is 11.4 Å². The van der Waals surface area contributed by atoms with Crippen LogP contribution < -0.4 is 11.1 Å². The zero-order valence-corrected chi connectivity index (χ0v) is 12.8. The SMILES string of the molecule is Cc1cccc(-c2ncc(C(=O)NC(C)(C)C)c(N)n2)c1. The van der Waals surface area contributed by atoms with Gasteiger partial charge in [0.1, 0.15) is 5.82 Å². The van der Waals surface area contributed by atoms with Crippen LogP contribution in [0.15, 0.2) is 30.5 Å². The van der Waals surface area contributed by atoms with Gasteiger partial charge >= 0.3 is 0 Å². The maximum atomic E-state index is 12.1. The highest BCUT2D eigenvalue weighted by molar-refractivity contribution is 5.98. The van der Waals surface area contributed by atoms with Crippen molar-refractivity contribution in [3.63, 3.8) is 0 Å². The molecule has 0 saturated heterocycles. The third-order valence-corrected chi connectivity index (χ3v) is 2.83. The van der Waals surface area contributed by atoms with Gasteiger partial charge in [-0.25, -0.2) is 9.97 Å². The van der Waals surface area contributed by atoms with Gasteiger partial charge in [-0.05, 0) is 33.8 Å². The maximum absolute atomic E-state index is 12.1. The second-order valence-electron chi connectivity index (χ2n) is 6.07. The molecule has 0 unspecified atom stereocenters. The number of carbonyl (C=O) groups excluding carboxylic acids is 1. The van der Waals surface area contributed by atoms with Gasteiger partial charge in [0.15, 0.2) is 5.82 Å². The van der Waals surface area contributed by atoms with Gasteiger partial charge in [0.05, 0.1) is 5.56 Å². The van der Waals surface area contributed by atoms with E-state index in [0.29, 0.717) is 11.4 Å². The molecule has 2 aromatic rings. The molecule has 0 bridgehead atoms. The van der Waals surface area contributed by atoms with E-state index in [1.165, 1.54) is 6.20 Å². The van der Waals surface area contributed by atoms with Crippen molar-refractivity contribution in [2.45, 2.75) is 33.2 Å². The summed E-state index contributed by atoms with van der Waals surface area (Å²) >= 11 is 0. The Kier molecular flexibility index (Phi) is 3.93. The normalized spacial score (nSPS) is 11.2. The number of nitrogens with zero attached hydrogens (tertiary/aromatic N) is 2. The molecule has 0 aliphatic carbocycles. The van der Waals surface area contributed by atoms with Gasteiger partial charge in [0.25, 0.3) is 5.91 Å². The Morgan fingerprint density at radius 2 is 2.00 bits per heavy atom. The number of nitrogen functional groups attached to an aromatic ring is 1. The first-order valence-electron chi connectivity index (χ1n) is 6.78. The molecule has 0 fully saturated rings. The van der Waals surface area contributed by atoms with Crippen LogP contribution in [0.5, 0.6) is 0 Å². The topological polar surface area (TPSA) is 80.9 Å². The molecule has 1 aromatic heterocycles. The van der Waals surface area contributed by atoms with E-state index in [1.54, 1.807) is 0 Å². The number of aryl methyl sites for hydroxylation is 1. The molecule has 110 valence electrons. The van der Waals surface area contributed by atoms with Crippen LogP contribution in [0.2, 0.25) is 0 Å². The Balaban J connectivity index is 2.32. The number of hydrogen-bond acceptors (Lipinski definition) is 4. The van der Waals surface area contributed by atoms with Crippen molar-refractivity contribution in [2.24, 2.45) is 0 Å². The van der Waals surface area contributed by atoms with Crippen LogP contribution in [0.3, 0.4) is 0 Å². The first-order valence-corrected chi connectivity index (χ1v) is 6.78. The summed E-state index contributed by atoms with van der Waals surface area (Å²) in [5.41, 5.74) is 7.86. The molecule has 2 rings (SSSR count). The lowest BCUT2D eigenvalue weighted by Gasteiger charge is -2.20. The van der Waals surface area contributed by atoms with E-state index in [4.69, 9.17) is 5.73 Å². The molecule has 3 N–H and O–H groups in total. The molecule has 0 spiro atoms. The lowest BCUT2D eigenvalue weighted by molar-refractivity contribution is 0.0920. The lowest BCUT2D eigenvalue weighted by atomic mass is 10.1. The number of hydrogen-bond donors (Lipinski definition) is 2. The summed E-state index contributed by atoms with van der Waals surface area (Å²) in [6, 6.07) is 7.82. The highest BCUT2D eigenvalue weighted by atomic mass is 16.1. The minimum Gasteiger partial charge on any atom is -0.383 e. The van der Waals surface area contributed by atoms with Crippen molar-refractivity contribution < 1.29 is 4.79 Å². The third-order valence-electron chi connectivity index (χ3n) is 2.83. The second kappa shape index (κ2) is 5.52. The van der Waals surface area contributed by atoms with Crippen LogP contribution >= 0.6 is 0 Å². The Morgan fingerprint density at radius 3 is 2.57 bits per heavy atom. The molecule has 0 atom stereocenters. The van der Waals surface area contributed by atoms with E-state index < -0.39 is 0 Å². The van der Waals surface area contributed by atoms with E-state index in [-0.39, 0.29) is 17.3 Å². The van der Waals surface area contributed by atoms with Gasteiger partial charge in [-0.2, -0.15) is 0 Å². The summed E-state index contributed by atoms with van der Waals surface area (Å²) in [4.78, 5) is 20.6. The number of aromatic nitrogens is 2. The minimum absolute atomic E-state index is 0.184. The monoisotopic (exact) mass is 284 g/mol. The molecule has 0 saturated carbocycles. The third kappa shape index (κ3) is 3.78. The Hall–Kier alpha value is -2.43. The van der Waals surface area contributed by atoms with E-state index in [1.807, 2.05) is 52.0 Å². The number of amides is 1. The average molecular weight is 284 g/mol. The predicted octanol–water partition coefficient (Wildman–Crippen LogP) is 2.56. The minimum atomic E-state index is -0.335. The molecular formula is C16H20N4O. The fourth-order valence-electron chi connectivity index (χ4n) is 1.90. The second-order valence-corrected chi connectivity index (χ2v) is 6.07. The molecule has 1 amide bonds. The van der Waals surface area contributed by atoms with Crippen LogP contribution in [0, 0.1) is 6.92 Å². The zero-order chi connectivity index (χ0) is 15.6. The van der Waals surface area contributed by atoms with Crippen LogP contribution in [-0.4, -0.2) is 21.4 Å². The highest BCUT2D eigenvalue weighted by Crippen LogP contribution is 2.19. The molecule has 1 aromatic carbocycles. The number of nitrogens with one attached hydrogen (secondary N) is 1. The Bertz CT molecular complexity index is 674. The standard InChI is InChI=1S/C16H20N4O/c1-10-6-5-7-11(8-10)14-18-9-12(13(17)19-14)15(21)20-16(2,3)4/h5-9H,1-4H3,(H,20,21)(H2,17,18,19). The van der Waals surface area contributed by atoms with Crippen molar-refractivity contribution in [2.75, 3.05) is 5.73 Å². The summed E-state index contributed by atoms with van der Waals surface area (Å²) in [6.45, 7) is 7.72. The van der Waals surface area contributed by atoms with E-state index >= 15 is 0 Å². The van der Waals surface area contributed by atoms with Crippen LogP contribution in [-0.2, 0) is 0 Å². The van der Waals surface area contributed by atoms with Crippen LogP contribution in [0.4, 0.5) is 5.82 Å². The molecule has 5 nitrogen and oxygen atoms in total.